The highest BCUT2D eigenvalue weighted by Gasteiger charge is 2.48. The summed E-state index contributed by atoms with van der Waals surface area (Å²) in [4.78, 5) is 61.8. The van der Waals surface area contributed by atoms with Crippen LogP contribution in [0, 0.1) is 5.82 Å². The van der Waals surface area contributed by atoms with Crippen molar-refractivity contribution in [2.24, 2.45) is 0 Å². The molecule has 0 bridgehead atoms. The zero-order chi connectivity index (χ0) is 26.4. The summed E-state index contributed by atoms with van der Waals surface area (Å²) in [5.41, 5.74) is 1.86. The van der Waals surface area contributed by atoms with Crippen LogP contribution in [0.25, 0.3) is 22.8 Å². The lowest BCUT2D eigenvalue weighted by atomic mass is 10.0. The molecule has 1 unspecified atom stereocenters. The molecule has 11 nitrogen and oxygen atoms in total. The summed E-state index contributed by atoms with van der Waals surface area (Å²) in [6, 6.07) is 10.6. The number of carbonyl (C=O) groups excluding carboxylic acids is 4. The molecule has 5 heterocycles. The summed E-state index contributed by atoms with van der Waals surface area (Å²) in [6.07, 6.45) is 1.13. The van der Waals surface area contributed by atoms with E-state index in [-0.39, 0.29) is 42.5 Å². The average molecular weight is 516 g/mol. The van der Waals surface area contributed by atoms with E-state index in [0.29, 0.717) is 30.7 Å². The number of carbonyl (C=O) groups is 4. The number of piperidine rings is 1. The van der Waals surface area contributed by atoms with E-state index in [0.717, 1.165) is 10.5 Å². The summed E-state index contributed by atoms with van der Waals surface area (Å²) < 4.78 is 19.8. The summed E-state index contributed by atoms with van der Waals surface area (Å²) >= 11 is 0. The number of nitrogens with one attached hydrogen (secondary N) is 1. The Morgan fingerprint density at radius 3 is 2.58 bits per heavy atom. The maximum absolute atomic E-state index is 14.4. The van der Waals surface area contributed by atoms with Gasteiger partial charge < -0.3 is 9.42 Å². The highest BCUT2D eigenvalue weighted by atomic mass is 19.1. The quantitative estimate of drug-likeness (QED) is 0.504. The molecule has 2 aromatic heterocycles. The molecule has 0 saturated carbocycles. The van der Waals surface area contributed by atoms with Crippen molar-refractivity contribution >= 4 is 23.6 Å². The molecular weight excluding hydrogens is 495 g/mol. The van der Waals surface area contributed by atoms with Crippen LogP contribution in [0.15, 0.2) is 58.3 Å². The monoisotopic (exact) mass is 516 g/mol. The predicted molar refractivity (Wildman–Crippen MR) is 128 cm³/mol. The van der Waals surface area contributed by atoms with Crippen molar-refractivity contribution in [1.29, 1.82) is 0 Å². The first-order chi connectivity index (χ1) is 18.4. The third-order valence-corrected chi connectivity index (χ3v) is 6.76. The average Bonchev–Trinajstić information content (AvgIpc) is 3.48. The van der Waals surface area contributed by atoms with Gasteiger partial charge in [0.2, 0.25) is 23.5 Å². The molecule has 3 aliphatic rings. The third kappa shape index (κ3) is 4.13. The van der Waals surface area contributed by atoms with E-state index in [9.17, 15) is 23.6 Å². The number of aromatic nitrogens is 3. The number of imide groups is 2. The van der Waals surface area contributed by atoms with Gasteiger partial charge in [0.25, 0.3) is 11.8 Å². The van der Waals surface area contributed by atoms with E-state index in [4.69, 9.17) is 4.52 Å². The number of pyridine rings is 1. The van der Waals surface area contributed by atoms with Gasteiger partial charge in [0, 0.05) is 36.2 Å². The summed E-state index contributed by atoms with van der Waals surface area (Å²) in [6.45, 7) is 0.490. The van der Waals surface area contributed by atoms with Crippen LogP contribution in [0.2, 0.25) is 0 Å². The van der Waals surface area contributed by atoms with Crippen LogP contribution in [-0.4, -0.2) is 61.1 Å². The molecule has 0 aliphatic carbocycles. The Balaban J connectivity index is 1.24. The minimum atomic E-state index is -1.03. The van der Waals surface area contributed by atoms with Gasteiger partial charge >= 0.3 is 0 Å². The van der Waals surface area contributed by atoms with Crippen LogP contribution in [-0.2, 0) is 25.7 Å². The molecule has 6 rings (SSSR count). The van der Waals surface area contributed by atoms with Crippen LogP contribution in [0.5, 0.6) is 0 Å². The van der Waals surface area contributed by atoms with E-state index in [1.165, 1.54) is 12.1 Å². The molecule has 12 heteroatoms. The summed E-state index contributed by atoms with van der Waals surface area (Å²) in [5, 5.41) is 6.14. The Morgan fingerprint density at radius 2 is 1.79 bits per heavy atom. The van der Waals surface area contributed by atoms with Crippen molar-refractivity contribution in [3.63, 3.8) is 0 Å². The Labute approximate surface area is 215 Å². The lowest BCUT2D eigenvalue weighted by molar-refractivity contribution is -0.150. The molecule has 3 aliphatic heterocycles. The van der Waals surface area contributed by atoms with Crippen molar-refractivity contribution in [1.82, 2.24) is 30.2 Å². The van der Waals surface area contributed by atoms with E-state index in [2.05, 4.69) is 20.4 Å². The summed E-state index contributed by atoms with van der Waals surface area (Å²) in [5.74, 6) is -2.46. The van der Waals surface area contributed by atoms with Gasteiger partial charge in [-0.3, -0.25) is 29.4 Å². The smallest absolute Gasteiger partial charge is 0.278 e. The lowest BCUT2D eigenvalue weighted by Crippen LogP contribution is -2.55. The highest BCUT2D eigenvalue weighted by Crippen LogP contribution is 2.34. The maximum atomic E-state index is 14.4. The van der Waals surface area contributed by atoms with Crippen LogP contribution < -0.4 is 5.32 Å². The van der Waals surface area contributed by atoms with Crippen molar-refractivity contribution in [3.8, 4) is 22.8 Å². The molecule has 1 aromatic carbocycles. The van der Waals surface area contributed by atoms with Crippen molar-refractivity contribution in [2.75, 3.05) is 6.54 Å². The first-order valence-electron chi connectivity index (χ1n) is 12.1. The molecule has 0 radical (unpaired) electrons. The molecule has 1 atom stereocenters. The second kappa shape index (κ2) is 9.29. The summed E-state index contributed by atoms with van der Waals surface area (Å²) in [7, 11) is 0. The van der Waals surface area contributed by atoms with Gasteiger partial charge in [-0.05, 0) is 19.3 Å². The van der Waals surface area contributed by atoms with Gasteiger partial charge in [-0.2, -0.15) is 4.98 Å². The van der Waals surface area contributed by atoms with E-state index in [1.807, 2.05) is 30.3 Å². The van der Waals surface area contributed by atoms with Gasteiger partial charge in [0.05, 0.1) is 12.2 Å². The zero-order valence-corrected chi connectivity index (χ0v) is 20.0. The molecule has 1 N–H and O–H groups in total. The molecule has 192 valence electrons. The fraction of sp³-hybridized carbons (Fsp3) is 0.269. The van der Waals surface area contributed by atoms with Gasteiger partial charge in [-0.1, -0.05) is 35.5 Å². The first-order valence-corrected chi connectivity index (χ1v) is 12.1. The van der Waals surface area contributed by atoms with Gasteiger partial charge in [-0.25, -0.2) is 9.37 Å². The Morgan fingerprint density at radius 1 is 1.00 bits per heavy atom. The highest BCUT2D eigenvalue weighted by molar-refractivity contribution is 6.21. The number of benzene rings is 1. The molecule has 3 aromatic rings. The SMILES string of the molecule is O=C1CCC(N2C(=O)C3=C(C2=O)N(Cc2nc(-c4cc(F)cc(-c5ccccc5)n4)no2)CCC3)C(=O)N1. The van der Waals surface area contributed by atoms with Crippen molar-refractivity contribution in [3.05, 3.63) is 65.4 Å². The molecule has 0 spiro atoms. The lowest BCUT2D eigenvalue weighted by Gasteiger charge is -2.29. The van der Waals surface area contributed by atoms with Gasteiger partial charge in [0.1, 0.15) is 23.3 Å². The van der Waals surface area contributed by atoms with Gasteiger partial charge in [-0.15, -0.1) is 0 Å². The van der Waals surface area contributed by atoms with Crippen molar-refractivity contribution < 1.29 is 28.1 Å². The van der Waals surface area contributed by atoms with E-state index >= 15 is 0 Å². The Bertz CT molecular complexity index is 1520. The minimum absolute atomic E-state index is 0.0366. The fourth-order valence-corrected chi connectivity index (χ4v) is 5.02. The van der Waals surface area contributed by atoms with Crippen molar-refractivity contribution in [2.45, 2.75) is 38.3 Å². The fourth-order valence-electron chi connectivity index (χ4n) is 5.02. The van der Waals surface area contributed by atoms with Crippen LogP contribution in [0.1, 0.15) is 31.6 Å². The second-order valence-electron chi connectivity index (χ2n) is 9.23. The maximum Gasteiger partial charge on any atom is 0.278 e. The third-order valence-electron chi connectivity index (χ3n) is 6.76. The Kier molecular flexibility index (Phi) is 5.78. The minimum Gasteiger partial charge on any atom is -0.357 e. The van der Waals surface area contributed by atoms with Crippen LogP contribution in [0.4, 0.5) is 4.39 Å². The molecule has 38 heavy (non-hydrogen) atoms. The zero-order valence-electron chi connectivity index (χ0n) is 20.0. The molecule has 1 fully saturated rings. The largest absolute Gasteiger partial charge is 0.357 e. The molecule has 4 amide bonds. The molecule has 1 saturated heterocycles. The number of rotatable bonds is 5. The number of hydrogen-bond acceptors (Lipinski definition) is 9. The second-order valence-corrected chi connectivity index (χ2v) is 9.23. The number of amides is 4. The Hall–Kier alpha value is -4.74. The number of halogens is 1. The standard InChI is InChI=1S/C26H21FN6O5/c27-15-11-17(14-5-2-1-3-6-14)28-18(12-15)23-30-21(38-31-23)13-32-10-4-7-16-22(32)26(37)33(25(16)36)19-8-9-20(34)29-24(19)35/h1-3,5-6,11-12,19H,4,7-10,13H2,(H,29,34,35). The number of nitrogens with zero attached hydrogens (tertiary/aromatic N) is 5. The predicted octanol–water partition coefficient (Wildman–Crippen LogP) is 1.96. The van der Waals surface area contributed by atoms with Gasteiger partial charge in [0.15, 0.2) is 0 Å². The first kappa shape index (κ1) is 23.6. The van der Waals surface area contributed by atoms with Crippen LogP contribution >= 0.6 is 0 Å². The van der Waals surface area contributed by atoms with Crippen LogP contribution in [0.3, 0.4) is 0 Å². The normalized spacial score (nSPS) is 19.8. The molecular formula is C26H21FN6O5. The van der Waals surface area contributed by atoms with E-state index in [1.54, 1.807) is 4.90 Å². The van der Waals surface area contributed by atoms with E-state index < -0.39 is 35.5 Å². The number of hydrogen-bond donors (Lipinski definition) is 1. The topological polar surface area (TPSA) is 139 Å².